The first-order valence-electron chi connectivity index (χ1n) is 12.4. The number of methoxy groups -OCH3 is 1. The van der Waals surface area contributed by atoms with Crippen LogP contribution in [0.25, 0.3) is 0 Å². The SMILES string of the molecule is COc1ccc(O)c(C2C3=CCC4C(=O)N(C)C(=O)C4C3CC3(Cl)C(=O)N(c4ccc(F)cc4)C(=O)C23Cl)c1. The van der Waals surface area contributed by atoms with Gasteiger partial charge in [0, 0.05) is 18.5 Å². The predicted octanol–water partition coefficient (Wildman–Crippen LogP) is 3.73. The average Bonchev–Trinajstić information content (AvgIpc) is 3.23. The molecule has 2 aromatic carbocycles. The van der Waals surface area contributed by atoms with Crippen molar-refractivity contribution in [1.29, 1.82) is 0 Å². The van der Waals surface area contributed by atoms with Gasteiger partial charge in [0.15, 0.2) is 9.75 Å². The second-order valence-corrected chi connectivity index (χ2v) is 11.7. The zero-order valence-corrected chi connectivity index (χ0v) is 22.4. The van der Waals surface area contributed by atoms with Gasteiger partial charge in [-0.1, -0.05) is 11.6 Å². The van der Waals surface area contributed by atoms with E-state index in [1.807, 2.05) is 0 Å². The summed E-state index contributed by atoms with van der Waals surface area (Å²) in [6.07, 6.45) is 1.80. The lowest BCUT2D eigenvalue weighted by molar-refractivity contribution is -0.138. The number of aromatic hydroxyl groups is 1. The van der Waals surface area contributed by atoms with Crippen LogP contribution in [-0.4, -0.2) is 57.5 Å². The number of hydrogen-bond acceptors (Lipinski definition) is 6. The van der Waals surface area contributed by atoms with E-state index in [1.54, 1.807) is 6.08 Å². The normalized spacial score (nSPS) is 33.6. The number of anilines is 1. The predicted molar refractivity (Wildman–Crippen MR) is 139 cm³/mol. The molecule has 6 atom stereocenters. The number of halogens is 3. The lowest BCUT2D eigenvalue weighted by Crippen LogP contribution is -2.60. The molecule has 11 heteroatoms. The lowest BCUT2D eigenvalue weighted by atomic mass is 9.56. The Balaban J connectivity index is 1.60. The Hall–Kier alpha value is -3.43. The van der Waals surface area contributed by atoms with E-state index in [0.717, 1.165) is 21.9 Å². The molecule has 1 saturated carbocycles. The molecule has 2 heterocycles. The van der Waals surface area contributed by atoms with Crippen LogP contribution in [0.5, 0.6) is 11.5 Å². The van der Waals surface area contributed by atoms with Crippen molar-refractivity contribution in [2.45, 2.75) is 28.5 Å². The van der Waals surface area contributed by atoms with Crippen molar-refractivity contribution in [3.8, 4) is 11.5 Å². The van der Waals surface area contributed by atoms with Crippen LogP contribution in [0, 0.1) is 23.6 Å². The van der Waals surface area contributed by atoms with Crippen LogP contribution >= 0.6 is 23.2 Å². The van der Waals surface area contributed by atoms with Gasteiger partial charge in [-0.05, 0) is 61.2 Å². The lowest BCUT2D eigenvalue weighted by Gasteiger charge is -2.50. The zero-order chi connectivity index (χ0) is 28.0. The molecule has 2 saturated heterocycles. The first kappa shape index (κ1) is 25.8. The van der Waals surface area contributed by atoms with Crippen LogP contribution in [0.3, 0.4) is 0 Å². The third-order valence-corrected chi connectivity index (χ3v) is 10.1. The number of ether oxygens (including phenoxy) is 1. The highest BCUT2D eigenvalue weighted by molar-refractivity contribution is 6.58. The van der Waals surface area contributed by atoms with Crippen molar-refractivity contribution in [2.24, 2.45) is 17.8 Å². The number of carbonyl (C=O) groups is 4. The quantitative estimate of drug-likeness (QED) is 0.341. The summed E-state index contributed by atoms with van der Waals surface area (Å²) in [5, 5.41) is 11.0. The monoisotopic (exact) mass is 572 g/mol. The number of hydrogen-bond donors (Lipinski definition) is 1. The Morgan fingerprint density at radius 1 is 1.00 bits per heavy atom. The topological polar surface area (TPSA) is 104 Å². The summed E-state index contributed by atoms with van der Waals surface area (Å²) in [5.74, 6) is -6.11. The van der Waals surface area contributed by atoms with Gasteiger partial charge in [0.2, 0.25) is 11.8 Å². The van der Waals surface area contributed by atoms with Gasteiger partial charge < -0.3 is 9.84 Å². The van der Waals surface area contributed by atoms with Crippen molar-refractivity contribution < 1.29 is 33.4 Å². The van der Waals surface area contributed by atoms with E-state index in [0.29, 0.717) is 11.3 Å². The number of fused-ring (bicyclic) bond motifs is 4. The molecule has 2 aliphatic carbocycles. The second-order valence-electron chi connectivity index (χ2n) is 10.4. The molecular formula is C28H23Cl2FN2O6. The highest BCUT2D eigenvalue weighted by Gasteiger charge is 2.76. The maximum absolute atomic E-state index is 14.2. The summed E-state index contributed by atoms with van der Waals surface area (Å²) in [6, 6.07) is 9.20. The van der Waals surface area contributed by atoms with E-state index in [2.05, 4.69) is 0 Å². The molecule has 0 aromatic heterocycles. The first-order valence-corrected chi connectivity index (χ1v) is 13.1. The molecule has 0 radical (unpaired) electrons. The number of phenols is 1. The largest absolute Gasteiger partial charge is 0.508 e. The number of benzene rings is 2. The van der Waals surface area contributed by atoms with Crippen molar-refractivity contribution in [3.63, 3.8) is 0 Å². The van der Waals surface area contributed by atoms with E-state index in [9.17, 15) is 28.7 Å². The molecule has 1 N–H and O–H groups in total. The van der Waals surface area contributed by atoms with E-state index in [4.69, 9.17) is 27.9 Å². The standard InChI is InChI=1S/C28H23Cl2FN2O6/c1-32-23(35)17-9-8-16-19(21(17)24(32)36)12-27(29)25(37)33(14-5-3-13(31)4-6-14)26(38)28(27,30)22(16)18-11-15(39-2)7-10-20(18)34/h3-8,10-11,17,19,21-22,34H,9,12H2,1-2H3. The third kappa shape index (κ3) is 3.23. The fourth-order valence-corrected chi connectivity index (χ4v) is 7.72. The first-order chi connectivity index (χ1) is 18.5. The molecule has 4 amide bonds. The molecule has 0 spiro atoms. The summed E-state index contributed by atoms with van der Waals surface area (Å²) in [7, 11) is 2.85. The highest BCUT2D eigenvalue weighted by Crippen LogP contribution is 2.66. The number of allylic oxidation sites excluding steroid dienone is 2. The van der Waals surface area contributed by atoms with Crippen LogP contribution in [0.1, 0.15) is 24.3 Å². The van der Waals surface area contributed by atoms with Gasteiger partial charge in [-0.2, -0.15) is 0 Å². The number of rotatable bonds is 3. The zero-order valence-electron chi connectivity index (χ0n) is 20.9. The molecular weight excluding hydrogens is 550 g/mol. The summed E-state index contributed by atoms with van der Waals surface area (Å²) >= 11 is 14.5. The van der Waals surface area contributed by atoms with Gasteiger partial charge in [-0.3, -0.25) is 24.1 Å². The van der Waals surface area contributed by atoms with Crippen molar-refractivity contribution in [2.75, 3.05) is 19.1 Å². The van der Waals surface area contributed by atoms with E-state index < -0.39 is 57.0 Å². The Labute approximate surface area is 232 Å². The van der Waals surface area contributed by atoms with Crippen LogP contribution < -0.4 is 9.64 Å². The minimum absolute atomic E-state index is 0.0798. The maximum atomic E-state index is 14.2. The molecule has 6 unspecified atom stereocenters. The van der Waals surface area contributed by atoms with Crippen LogP contribution in [0.2, 0.25) is 0 Å². The number of carbonyl (C=O) groups excluding carboxylic acids is 4. The molecule has 39 heavy (non-hydrogen) atoms. The Kier molecular flexibility index (Phi) is 5.65. The molecule has 0 bridgehead atoms. The number of alkyl halides is 2. The van der Waals surface area contributed by atoms with Crippen molar-refractivity contribution in [1.82, 2.24) is 4.90 Å². The van der Waals surface area contributed by atoms with Gasteiger partial charge in [0.05, 0.1) is 24.6 Å². The molecule has 2 aromatic rings. The van der Waals surface area contributed by atoms with Gasteiger partial charge in [0.1, 0.15) is 17.3 Å². The molecule has 4 aliphatic rings. The number of phenolic OH excluding ortho intramolecular Hbond substituents is 1. The minimum Gasteiger partial charge on any atom is -0.508 e. The molecule has 3 fully saturated rings. The third-order valence-electron chi connectivity index (χ3n) is 8.66. The molecule has 8 nitrogen and oxygen atoms in total. The summed E-state index contributed by atoms with van der Waals surface area (Å²) < 4.78 is 19.0. The van der Waals surface area contributed by atoms with Gasteiger partial charge in [-0.25, -0.2) is 9.29 Å². The van der Waals surface area contributed by atoms with Crippen molar-refractivity contribution >= 4 is 52.5 Å². The fourth-order valence-electron chi connectivity index (χ4n) is 6.79. The number of amides is 4. The highest BCUT2D eigenvalue weighted by atomic mass is 35.5. The number of nitrogens with zero attached hydrogens (tertiary/aromatic N) is 2. The van der Waals surface area contributed by atoms with E-state index in [1.165, 1.54) is 44.5 Å². The van der Waals surface area contributed by atoms with Gasteiger partial charge in [0.25, 0.3) is 11.8 Å². The summed E-state index contributed by atoms with van der Waals surface area (Å²) in [4.78, 5) is 52.1. The Bertz CT molecular complexity index is 1500. The van der Waals surface area contributed by atoms with Crippen molar-refractivity contribution in [3.05, 3.63) is 65.5 Å². The van der Waals surface area contributed by atoms with Gasteiger partial charge >= 0.3 is 0 Å². The fraction of sp³-hybridized carbons (Fsp3) is 0.357. The number of likely N-dealkylation sites (tertiary alicyclic amines) is 1. The van der Waals surface area contributed by atoms with Crippen LogP contribution in [0.4, 0.5) is 10.1 Å². The molecule has 6 rings (SSSR count). The maximum Gasteiger partial charge on any atom is 0.258 e. The Morgan fingerprint density at radius 2 is 1.69 bits per heavy atom. The second kappa shape index (κ2) is 8.53. The number of imide groups is 2. The smallest absolute Gasteiger partial charge is 0.258 e. The van der Waals surface area contributed by atoms with Crippen LogP contribution in [0.15, 0.2) is 54.1 Å². The molecule has 202 valence electrons. The van der Waals surface area contributed by atoms with E-state index >= 15 is 0 Å². The molecule has 2 aliphatic heterocycles. The minimum atomic E-state index is -2.13. The average molecular weight is 573 g/mol. The van der Waals surface area contributed by atoms with Crippen LogP contribution in [-0.2, 0) is 19.2 Å². The summed E-state index contributed by atoms with van der Waals surface area (Å²) in [5.41, 5.74) is 0.816. The van der Waals surface area contributed by atoms with E-state index in [-0.39, 0.29) is 35.7 Å². The summed E-state index contributed by atoms with van der Waals surface area (Å²) in [6.45, 7) is 0. The van der Waals surface area contributed by atoms with Gasteiger partial charge in [-0.15, -0.1) is 23.2 Å². The Morgan fingerprint density at radius 3 is 2.36 bits per heavy atom.